The van der Waals surface area contributed by atoms with Crippen LogP contribution in [0, 0.1) is 0 Å². The molecule has 0 aliphatic rings. The zero-order valence-electron chi connectivity index (χ0n) is 20.7. The molecular weight excluding hydrogens is 571 g/mol. The number of benzene rings is 1. The molecule has 0 saturated carbocycles. The molecule has 0 aliphatic heterocycles. The molecule has 0 saturated heterocycles. The standard InChI is InChI=1S/C24H24F3N7O4S2/c25-24(26,27)14-2-1-3-15(10-14)32-22(38)33-23-29-12-16(39-23)4-5-28-20-19-17(30-13-31-20)11-18(40-19)21(37)34(6-8-35)7-9-36/h1-3,10-13,35-36H,4-9H2,(H,28,30,31)(H2,29,32,33,38). The second-order valence-electron chi connectivity index (χ2n) is 8.25. The van der Waals surface area contributed by atoms with E-state index in [4.69, 9.17) is 0 Å². The molecule has 0 spiro atoms. The number of thiazole rings is 1. The van der Waals surface area contributed by atoms with Crippen LogP contribution in [0.3, 0.4) is 0 Å². The van der Waals surface area contributed by atoms with Gasteiger partial charge >= 0.3 is 12.2 Å². The van der Waals surface area contributed by atoms with E-state index in [0.29, 0.717) is 33.9 Å². The van der Waals surface area contributed by atoms with Crippen molar-refractivity contribution in [3.63, 3.8) is 0 Å². The molecule has 16 heteroatoms. The molecule has 0 radical (unpaired) electrons. The van der Waals surface area contributed by atoms with Gasteiger partial charge in [0.05, 0.1) is 33.9 Å². The topological polar surface area (TPSA) is 153 Å². The zero-order valence-corrected chi connectivity index (χ0v) is 22.4. The molecule has 3 aromatic heterocycles. The number of aromatic nitrogens is 3. The average molecular weight is 596 g/mol. The number of nitrogens with zero attached hydrogens (tertiary/aromatic N) is 4. The van der Waals surface area contributed by atoms with Crippen molar-refractivity contribution in [1.29, 1.82) is 0 Å². The number of rotatable bonds is 11. The Labute approximate surface area is 233 Å². The van der Waals surface area contributed by atoms with Crippen molar-refractivity contribution in [2.75, 3.05) is 48.8 Å². The number of anilines is 3. The van der Waals surface area contributed by atoms with E-state index in [-0.39, 0.29) is 43.0 Å². The van der Waals surface area contributed by atoms with Gasteiger partial charge < -0.3 is 25.7 Å². The fraction of sp³-hybridized carbons (Fsp3) is 0.292. The number of amides is 3. The van der Waals surface area contributed by atoms with Crippen LogP contribution in [-0.2, 0) is 12.6 Å². The number of nitrogens with one attached hydrogen (secondary N) is 3. The quantitative estimate of drug-likeness (QED) is 0.175. The summed E-state index contributed by atoms with van der Waals surface area (Å²) in [5.41, 5.74) is -0.293. The Hall–Kier alpha value is -3.86. The van der Waals surface area contributed by atoms with E-state index in [1.54, 1.807) is 12.3 Å². The molecule has 0 unspecified atom stereocenters. The summed E-state index contributed by atoms with van der Waals surface area (Å²) in [4.78, 5) is 40.3. The normalized spacial score (nSPS) is 11.4. The fourth-order valence-electron chi connectivity index (χ4n) is 3.62. The monoisotopic (exact) mass is 595 g/mol. The molecule has 40 heavy (non-hydrogen) atoms. The van der Waals surface area contributed by atoms with E-state index in [1.807, 2.05) is 0 Å². The lowest BCUT2D eigenvalue weighted by atomic mass is 10.2. The number of alkyl halides is 3. The molecule has 3 amide bonds. The van der Waals surface area contributed by atoms with Gasteiger partial charge in [-0.25, -0.2) is 19.7 Å². The first-order valence-electron chi connectivity index (χ1n) is 11.9. The predicted octanol–water partition coefficient (Wildman–Crippen LogP) is 3.89. The molecule has 0 aliphatic carbocycles. The number of aliphatic hydroxyl groups is 2. The number of carbonyl (C=O) groups is 2. The molecule has 11 nitrogen and oxygen atoms in total. The van der Waals surface area contributed by atoms with Gasteiger partial charge in [-0.3, -0.25) is 10.1 Å². The van der Waals surface area contributed by atoms with Crippen LogP contribution in [0.2, 0.25) is 0 Å². The minimum atomic E-state index is -4.52. The Kier molecular flexibility index (Phi) is 9.46. The van der Waals surface area contributed by atoms with Crippen LogP contribution >= 0.6 is 22.7 Å². The molecular formula is C24H24F3N7O4S2. The number of urea groups is 1. The minimum Gasteiger partial charge on any atom is -0.395 e. The van der Waals surface area contributed by atoms with Gasteiger partial charge in [0, 0.05) is 42.8 Å². The van der Waals surface area contributed by atoms with Crippen molar-refractivity contribution in [3.05, 3.63) is 58.2 Å². The molecule has 3 heterocycles. The summed E-state index contributed by atoms with van der Waals surface area (Å²) in [5, 5.41) is 26.8. The number of fused-ring (bicyclic) bond motifs is 1. The van der Waals surface area contributed by atoms with E-state index >= 15 is 0 Å². The Balaban J connectivity index is 1.33. The van der Waals surface area contributed by atoms with Crippen molar-refractivity contribution >= 4 is 61.5 Å². The van der Waals surface area contributed by atoms with Crippen LogP contribution < -0.4 is 16.0 Å². The van der Waals surface area contributed by atoms with Gasteiger partial charge in [-0.05, 0) is 24.3 Å². The zero-order chi connectivity index (χ0) is 28.7. The summed E-state index contributed by atoms with van der Waals surface area (Å²) < 4.78 is 39.3. The summed E-state index contributed by atoms with van der Waals surface area (Å²) in [6, 6.07) is 5.24. The van der Waals surface area contributed by atoms with Crippen LogP contribution in [0.25, 0.3) is 10.2 Å². The first-order valence-corrected chi connectivity index (χ1v) is 13.5. The third kappa shape index (κ3) is 7.41. The van der Waals surface area contributed by atoms with Gasteiger partial charge in [-0.1, -0.05) is 6.07 Å². The number of carbonyl (C=O) groups excluding carboxylic acids is 2. The predicted molar refractivity (Wildman–Crippen MR) is 146 cm³/mol. The SMILES string of the molecule is O=C(Nc1cccc(C(F)(F)F)c1)Nc1ncc(CCNc2ncnc3cc(C(=O)N(CCO)CCO)sc23)s1. The molecule has 212 valence electrons. The van der Waals surface area contributed by atoms with Crippen molar-refractivity contribution in [1.82, 2.24) is 19.9 Å². The number of aliphatic hydroxyl groups excluding tert-OH is 2. The molecule has 4 rings (SSSR count). The van der Waals surface area contributed by atoms with Crippen LogP contribution in [0.1, 0.15) is 20.1 Å². The van der Waals surface area contributed by atoms with E-state index in [1.165, 1.54) is 46.0 Å². The van der Waals surface area contributed by atoms with Gasteiger partial charge in [-0.15, -0.1) is 22.7 Å². The van der Waals surface area contributed by atoms with Gasteiger partial charge in [0.25, 0.3) is 5.91 Å². The number of thiophene rings is 1. The second-order valence-corrected chi connectivity index (χ2v) is 10.4. The smallest absolute Gasteiger partial charge is 0.395 e. The lowest BCUT2D eigenvalue weighted by molar-refractivity contribution is -0.137. The highest BCUT2D eigenvalue weighted by atomic mass is 32.1. The van der Waals surface area contributed by atoms with Gasteiger partial charge in [-0.2, -0.15) is 13.2 Å². The lowest BCUT2D eigenvalue weighted by Crippen LogP contribution is -2.35. The maximum Gasteiger partial charge on any atom is 0.416 e. The Morgan fingerprint density at radius 2 is 1.77 bits per heavy atom. The van der Waals surface area contributed by atoms with Crippen LogP contribution in [0.5, 0.6) is 0 Å². The minimum absolute atomic E-state index is 0.00240. The van der Waals surface area contributed by atoms with Gasteiger partial charge in [0.2, 0.25) is 0 Å². The highest BCUT2D eigenvalue weighted by molar-refractivity contribution is 7.21. The van der Waals surface area contributed by atoms with Crippen LogP contribution in [-0.4, -0.2) is 74.9 Å². The van der Waals surface area contributed by atoms with Crippen molar-refractivity contribution in [2.24, 2.45) is 0 Å². The number of halogens is 3. The van der Waals surface area contributed by atoms with Crippen molar-refractivity contribution < 1.29 is 33.0 Å². The summed E-state index contributed by atoms with van der Waals surface area (Å²) in [6.07, 6.45) is -1.03. The molecule has 5 N–H and O–H groups in total. The van der Waals surface area contributed by atoms with E-state index in [0.717, 1.165) is 17.0 Å². The maximum atomic E-state index is 12.9. The van der Waals surface area contributed by atoms with Crippen LogP contribution in [0.15, 0.2) is 42.9 Å². The lowest BCUT2D eigenvalue weighted by Gasteiger charge is -2.19. The summed E-state index contributed by atoms with van der Waals surface area (Å²) in [6.45, 7) is 0.204. The largest absolute Gasteiger partial charge is 0.416 e. The maximum absolute atomic E-state index is 12.9. The van der Waals surface area contributed by atoms with Crippen molar-refractivity contribution in [2.45, 2.75) is 12.6 Å². The molecule has 0 fully saturated rings. The van der Waals surface area contributed by atoms with Gasteiger partial charge in [0.1, 0.15) is 12.1 Å². The summed E-state index contributed by atoms with van der Waals surface area (Å²) >= 11 is 2.42. The highest BCUT2D eigenvalue weighted by Gasteiger charge is 2.30. The number of hydrogen-bond donors (Lipinski definition) is 5. The first-order chi connectivity index (χ1) is 19.2. The molecule has 1 aromatic carbocycles. The highest BCUT2D eigenvalue weighted by Crippen LogP contribution is 2.31. The third-order valence-electron chi connectivity index (χ3n) is 5.43. The van der Waals surface area contributed by atoms with E-state index in [9.17, 15) is 33.0 Å². The summed E-state index contributed by atoms with van der Waals surface area (Å²) in [7, 11) is 0. The fourth-order valence-corrected chi connectivity index (χ4v) is 5.47. The third-order valence-corrected chi connectivity index (χ3v) is 7.53. The second kappa shape index (κ2) is 13.0. The average Bonchev–Trinajstić information content (AvgIpc) is 3.55. The van der Waals surface area contributed by atoms with Crippen molar-refractivity contribution in [3.8, 4) is 0 Å². The van der Waals surface area contributed by atoms with Gasteiger partial charge in [0.15, 0.2) is 5.13 Å². The molecule has 0 bridgehead atoms. The Morgan fingerprint density at radius 3 is 2.50 bits per heavy atom. The van der Waals surface area contributed by atoms with E-state index in [2.05, 4.69) is 30.9 Å². The molecule has 4 aromatic rings. The van der Waals surface area contributed by atoms with E-state index < -0.39 is 17.8 Å². The number of hydrogen-bond acceptors (Lipinski definition) is 10. The molecule has 0 atom stereocenters. The Bertz CT molecular complexity index is 1470. The van der Waals surface area contributed by atoms with Crippen LogP contribution in [0.4, 0.5) is 34.6 Å². The summed E-state index contributed by atoms with van der Waals surface area (Å²) in [5.74, 6) is 0.215. The first kappa shape index (κ1) is 29.1. The Morgan fingerprint density at radius 1 is 1.00 bits per heavy atom.